The first-order valence-corrected chi connectivity index (χ1v) is 6.52. The summed E-state index contributed by atoms with van der Waals surface area (Å²) < 4.78 is 13.2. The number of carbonyl (C=O) groups excluding carboxylic acids is 1. The van der Waals surface area contributed by atoms with E-state index in [-0.39, 0.29) is 10.8 Å². The van der Waals surface area contributed by atoms with Crippen molar-refractivity contribution in [3.8, 4) is 0 Å². The van der Waals surface area contributed by atoms with Gasteiger partial charge in [0.25, 0.3) is 0 Å². The molecule has 0 heterocycles. The van der Waals surface area contributed by atoms with E-state index in [0.29, 0.717) is 11.1 Å². The van der Waals surface area contributed by atoms with Crippen LogP contribution < -0.4 is 0 Å². The van der Waals surface area contributed by atoms with Gasteiger partial charge in [-0.2, -0.15) is 0 Å². The van der Waals surface area contributed by atoms with E-state index >= 15 is 0 Å². The first kappa shape index (κ1) is 12.8. The zero-order valence-corrected chi connectivity index (χ0v) is 11.2. The Hall–Kier alpha value is -2.19. The van der Waals surface area contributed by atoms with Crippen LogP contribution in [0.3, 0.4) is 0 Å². The molecule has 20 heavy (non-hydrogen) atoms. The van der Waals surface area contributed by atoms with Gasteiger partial charge in [0.1, 0.15) is 5.82 Å². The van der Waals surface area contributed by atoms with Gasteiger partial charge in [0, 0.05) is 11.1 Å². The summed E-state index contributed by atoms with van der Waals surface area (Å²) in [5, 5.41) is 1.82. The molecule has 0 amide bonds. The second kappa shape index (κ2) is 5.06. The van der Waals surface area contributed by atoms with Crippen LogP contribution in [0.25, 0.3) is 10.8 Å². The van der Waals surface area contributed by atoms with E-state index in [1.54, 1.807) is 6.07 Å². The van der Waals surface area contributed by atoms with Gasteiger partial charge in [0.2, 0.25) is 0 Å². The summed E-state index contributed by atoms with van der Waals surface area (Å²) in [6.07, 6.45) is 0. The number of hydrogen-bond donors (Lipinski definition) is 0. The van der Waals surface area contributed by atoms with Crippen molar-refractivity contribution >= 4 is 28.2 Å². The van der Waals surface area contributed by atoms with Crippen LogP contribution in [0, 0.1) is 5.82 Å². The van der Waals surface area contributed by atoms with Gasteiger partial charge in [-0.1, -0.05) is 54.1 Å². The van der Waals surface area contributed by atoms with Gasteiger partial charge in [-0.3, -0.25) is 4.79 Å². The van der Waals surface area contributed by atoms with Gasteiger partial charge in [0.05, 0.1) is 5.02 Å². The molecule has 3 aromatic rings. The molecule has 0 aliphatic carbocycles. The lowest BCUT2D eigenvalue weighted by Gasteiger charge is -2.06. The van der Waals surface area contributed by atoms with Gasteiger partial charge >= 0.3 is 0 Å². The molecule has 3 heteroatoms. The predicted octanol–water partition coefficient (Wildman–Crippen LogP) is 4.86. The van der Waals surface area contributed by atoms with Crippen molar-refractivity contribution in [3.05, 3.63) is 82.6 Å². The van der Waals surface area contributed by atoms with Crippen LogP contribution in [-0.2, 0) is 0 Å². The molecular formula is C17H10ClFO. The molecule has 0 unspecified atom stereocenters. The van der Waals surface area contributed by atoms with Gasteiger partial charge < -0.3 is 0 Å². The molecule has 0 spiro atoms. The fourth-order valence-electron chi connectivity index (χ4n) is 2.22. The van der Waals surface area contributed by atoms with Crippen LogP contribution in [0.5, 0.6) is 0 Å². The molecule has 98 valence electrons. The molecule has 1 nitrogen and oxygen atoms in total. The molecule has 0 bridgehead atoms. The molecular weight excluding hydrogens is 275 g/mol. The highest BCUT2D eigenvalue weighted by atomic mass is 35.5. The number of benzene rings is 3. The van der Waals surface area contributed by atoms with Crippen molar-refractivity contribution in [2.75, 3.05) is 0 Å². The Morgan fingerprint density at radius 3 is 2.50 bits per heavy atom. The molecule has 0 N–H and O–H groups in total. The molecule has 0 fully saturated rings. The number of ketones is 1. The minimum absolute atomic E-state index is 0.0453. The molecule has 0 aromatic heterocycles. The van der Waals surface area contributed by atoms with Crippen molar-refractivity contribution < 1.29 is 9.18 Å². The highest BCUT2D eigenvalue weighted by Gasteiger charge is 2.13. The summed E-state index contributed by atoms with van der Waals surface area (Å²) in [5.74, 6) is -0.690. The fraction of sp³-hybridized carbons (Fsp3) is 0. The Balaban J connectivity index is 2.15. The molecule has 0 aliphatic rings. The smallest absolute Gasteiger partial charge is 0.193 e. The normalized spacial score (nSPS) is 10.7. The minimum Gasteiger partial charge on any atom is -0.289 e. The molecule has 3 aromatic carbocycles. The summed E-state index contributed by atoms with van der Waals surface area (Å²) in [7, 11) is 0. The van der Waals surface area contributed by atoms with Crippen LogP contribution >= 0.6 is 11.6 Å². The Bertz CT molecular complexity index is 806. The lowest BCUT2D eigenvalue weighted by molar-refractivity contribution is 0.104. The van der Waals surface area contributed by atoms with Gasteiger partial charge in [-0.25, -0.2) is 4.39 Å². The zero-order chi connectivity index (χ0) is 14.1. The molecule has 0 saturated heterocycles. The predicted molar refractivity (Wildman–Crippen MR) is 78.8 cm³/mol. The Morgan fingerprint density at radius 1 is 0.950 bits per heavy atom. The maximum absolute atomic E-state index is 13.2. The number of fused-ring (bicyclic) bond motifs is 1. The molecule has 3 rings (SSSR count). The van der Waals surface area contributed by atoms with E-state index in [1.165, 1.54) is 18.2 Å². The van der Waals surface area contributed by atoms with Crippen LogP contribution in [0.1, 0.15) is 15.9 Å². The third-order valence-corrected chi connectivity index (χ3v) is 3.51. The molecule has 0 atom stereocenters. The van der Waals surface area contributed by atoms with E-state index in [2.05, 4.69) is 0 Å². The quantitative estimate of drug-likeness (QED) is 0.614. The second-order valence-corrected chi connectivity index (χ2v) is 4.89. The second-order valence-electron chi connectivity index (χ2n) is 4.48. The van der Waals surface area contributed by atoms with Crippen LogP contribution in [-0.4, -0.2) is 5.78 Å². The number of rotatable bonds is 2. The number of hydrogen-bond acceptors (Lipinski definition) is 1. The largest absolute Gasteiger partial charge is 0.289 e. The van der Waals surface area contributed by atoms with Crippen molar-refractivity contribution in [2.45, 2.75) is 0 Å². The first-order chi connectivity index (χ1) is 9.66. The molecule has 0 saturated carbocycles. The zero-order valence-electron chi connectivity index (χ0n) is 10.4. The average Bonchev–Trinajstić information content (AvgIpc) is 2.49. The van der Waals surface area contributed by atoms with Crippen LogP contribution in [0.4, 0.5) is 4.39 Å². The van der Waals surface area contributed by atoms with Crippen LogP contribution in [0.15, 0.2) is 60.7 Å². The summed E-state index contributed by atoms with van der Waals surface area (Å²) in [6.45, 7) is 0. The number of halogens is 2. The fourth-order valence-corrected chi connectivity index (χ4v) is 2.40. The van der Waals surface area contributed by atoms with Gasteiger partial charge in [-0.05, 0) is 29.0 Å². The van der Waals surface area contributed by atoms with Crippen molar-refractivity contribution in [2.24, 2.45) is 0 Å². The van der Waals surface area contributed by atoms with E-state index in [1.807, 2.05) is 36.4 Å². The van der Waals surface area contributed by atoms with E-state index in [9.17, 15) is 9.18 Å². The highest BCUT2D eigenvalue weighted by molar-refractivity contribution is 6.31. The Kier molecular flexibility index (Phi) is 3.25. The monoisotopic (exact) mass is 284 g/mol. The summed E-state index contributed by atoms with van der Waals surface area (Å²) in [6, 6.07) is 17.2. The topological polar surface area (TPSA) is 17.1 Å². The SMILES string of the molecule is O=C(c1ccc(F)c(Cl)c1)c1cccc2ccccc12. The number of carbonyl (C=O) groups is 1. The molecule has 0 aliphatic heterocycles. The Labute approximate surface area is 120 Å². The van der Waals surface area contributed by atoms with Crippen molar-refractivity contribution in [1.29, 1.82) is 0 Å². The van der Waals surface area contributed by atoms with E-state index < -0.39 is 5.82 Å². The van der Waals surface area contributed by atoms with E-state index in [4.69, 9.17) is 11.6 Å². The summed E-state index contributed by atoms with van der Waals surface area (Å²) in [5.41, 5.74) is 0.971. The maximum Gasteiger partial charge on any atom is 0.193 e. The maximum atomic E-state index is 13.2. The Morgan fingerprint density at radius 2 is 1.70 bits per heavy atom. The third-order valence-electron chi connectivity index (χ3n) is 3.22. The summed E-state index contributed by atoms with van der Waals surface area (Å²) in [4.78, 5) is 12.5. The van der Waals surface area contributed by atoms with Gasteiger partial charge in [0.15, 0.2) is 5.78 Å². The van der Waals surface area contributed by atoms with E-state index in [0.717, 1.165) is 10.8 Å². The highest BCUT2D eigenvalue weighted by Crippen LogP contribution is 2.23. The third kappa shape index (κ3) is 2.19. The van der Waals surface area contributed by atoms with Crippen molar-refractivity contribution in [3.63, 3.8) is 0 Å². The minimum atomic E-state index is -0.527. The van der Waals surface area contributed by atoms with Crippen molar-refractivity contribution in [1.82, 2.24) is 0 Å². The lowest BCUT2D eigenvalue weighted by atomic mass is 9.97. The van der Waals surface area contributed by atoms with Crippen LogP contribution in [0.2, 0.25) is 5.02 Å². The average molecular weight is 285 g/mol. The summed E-state index contributed by atoms with van der Waals surface area (Å²) >= 11 is 5.74. The van der Waals surface area contributed by atoms with Gasteiger partial charge in [-0.15, -0.1) is 0 Å². The molecule has 0 radical (unpaired) electrons. The lowest BCUT2D eigenvalue weighted by Crippen LogP contribution is -2.02. The standard InChI is InChI=1S/C17H10ClFO/c18-15-10-12(8-9-16(15)19)17(20)14-7-3-5-11-4-1-2-6-13(11)14/h1-10H. The first-order valence-electron chi connectivity index (χ1n) is 6.14.